The van der Waals surface area contributed by atoms with Gasteiger partial charge in [0.1, 0.15) is 5.58 Å². The lowest BCUT2D eigenvalue weighted by Crippen LogP contribution is -1.94. The van der Waals surface area contributed by atoms with E-state index in [2.05, 4.69) is 179 Å². The van der Waals surface area contributed by atoms with E-state index in [1.165, 1.54) is 54.7 Å². The van der Waals surface area contributed by atoms with Gasteiger partial charge in [0.25, 0.3) is 0 Å². The second kappa shape index (κ2) is 11.5. The van der Waals surface area contributed by atoms with Crippen LogP contribution < -0.4 is 0 Å². The maximum Gasteiger partial charge on any atom is 0.228 e. The summed E-state index contributed by atoms with van der Waals surface area (Å²) in [6.07, 6.45) is 0. The van der Waals surface area contributed by atoms with E-state index in [1.54, 1.807) is 0 Å². The van der Waals surface area contributed by atoms with Crippen LogP contribution in [0.3, 0.4) is 0 Å². The van der Waals surface area contributed by atoms with Gasteiger partial charge in [-0.2, -0.15) is 0 Å². The van der Waals surface area contributed by atoms with Crippen molar-refractivity contribution < 1.29 is 4.42 Å². The standard InChI is InChI=1S/C51H31N3O/c1-2-12-35(13-3-1)53-45-20-10-6-15-38(45)42-30-33(25-29-46(42)53)34-24-28-39-37-14-5-9-19-44(37)54(47(39)31-34)36-26-22-32(23-27-36)49-40-16-4-8-18-43(40)52-51-50(49)41-17-7-11-21-48(41)55-51/h1-31H. The largest absolute Gasteiger partial charge is 0.438 e. The van der Waals surface area contributed by atoms with Gasteiger partial charge in [-0.05, 0) is 83.4 Å². The van der Waals surface area contributed by atoms with Gasteiger partial charge in [0.15, 0.2) is 0 Å². The van der Waals surface area contributed by atoms with Gasteiger partial charge in [-0.25, -0.2) is 4.98 Å². The first-order chi connectivity index (χ1) is 27.3. The Morgan fingerprint density at radius 1 is 0.364 bits per heavy atom. The SMILES string of the molecule is c1ccc(-n2c3ccccc3c3cc(-c4ccc5c6ccccc6n(-c6ccc(-c7c8ccccc8nc8oc9ccccc9c78)cc6)c5c4)ccc32)cc1. The third-order valence-electron chi connectivity index (χ3n) is 11.3. The summed E-state index contributed by atoms with van der Waals surface area (Å²) >= 11 is 0. The second-order valence-electron chi connectivity index (χ2n) is 14.3. The molecular formula is C51H31N3O. The Morgan fingerprint density at radius 3 is 1.71 bits per heavy atom. The van der Waals surface area contributed by atoms with Crippen LogP contribution in [0.1, 0.15) is 0 Å². The Labute approximate surface area is 315 Å². The molecule has 12 rings (SSSR count). The fraction of sp³-hybridized carbons (Fsp3) is 0. The monoisotopic (exact) mass is 701 g/mol. The molecule has 0 bridgehead atoms. The van der Waals surface area contributed by atoms with Crippen LogP contribution in [0.5, 0.6) is 0 Å². The molecule has 0 aliphatic heterocycles. The van der Waals surface area contributed by atoms with Crippen molar-refractivity contribution in [2.75, 3.05) is 0 Å². The topological polar surface area (TPSA) is 35.9 Å². The summed E-state index contributed by atoms with van der Waals surface area (Å²) in [5.74, 6) is 0. The zero-order valence-corrected chi connectivity index (χ0v) is 29.6. The Bertz CT molecular complexity index is 3480. The second-order valence-corrected chi connectivity index (χ2v) is 14.3. The number of furan rings is 1. The molecule has 0 spiro atoms. The zero-order valence-electron chi connectivity index (χ0n) is 29.6. The van der Waals surface area contributed by atoms with Gasteiger partial charge in [0.05, 0.1) is 33.0 Å². The smallest absolute Gasteiger partial charge is 0.228 e. The summed E-state index contributed by atoms with van der Waals surface area (Å²) in [5, 5.41) is 8.20. The third-order valence-corrected chi connectivity index (χ3v) is 11.3. The van der Waals surface area contributed by atoms with Gasteiger partial charge in [0, 0.05) is 49.3 Å². The van der Waals surface area contributed by atoms with E-state index in [4.69, 9.17) is 9.40 Å². The highest BCUT2D eigenvalue weighted by Crippen LogP contribution is 2.42. The lowest BCUT2D eigenvalue weighted by Gasteiger charge is -2.12. The van der Waals surface area contributed by atoms with E-state index in [9.17, 15) is 0 Å². The number of fused-ring (bicyclic) bond motifs is 10. The number of nitrogens with zero attached hydrogens (tertiary/aromatic N) is 3. The Balaban J connectivity index is 1.03. The summed E-state index contributed by atoms with van der Waals surface area (Å²) in [7, 11) is 0. The van der Waals surface area contributed by atoms with Gasteiger partial charge in [-0.3, -0.25) is 0 Å². The third kappa shape index (κ3) is 4.43. The number of benzene rings is 8. The molecule has 0 atom stereocenters. The molecule has 12 aromatic rings. The van der Waals surface area contributed by atoms with Crippen LogP contribution >= 0.6 is 0 Å². The van der Waals surface area contributed by atoms with E-state index in [1.807, 2.05) is 18.2 Å². The first-order valence-electron chi connectivity index (χ1n) is 18.7. The van der Waals surface area contributed by atoms with Crippen molar-refractivity contribution in [3.8, 4) is 33.6 Å². The van der Waals surface area contributed by atoms with E-state index in [0.717, 1.165) is 49.8 Å². The number of hydrogen-bond donors (Lipinski definition) is 0. The molecule has 8 aromatic carbocycles. The van der Waals surface area contributed by atoms with Crippen LogP contribution in [0.4, 0.5) is 0 Å². The first-order valence-corrected chi connectivity index (χ1v) is 18.7. The molecule has 0 fully saturated rings. The average molecular weight is 702 g/mol. The number of aromatic nitrogens is 3. The molecule has 4 heteroatoms. The molecule has 0 N–H and O–H groups in total. The van der Waals surface area contributed by atoms with E-state index in [0.29, 0.717) is 5.71 Å². The fourth-order valence-corrected chi connectivity index (χ4v) is 8.89. The highest BCUT2D eigenvalue weighted by Gasteiger charge is 2.19. The van der Waals surface area contributed by atoms with Crippen molar-refractivity contribution in [2.24, 2.45) is 0 Å². The van der Waals surface area contributed by atoms with Crippen LogP contribution in [0, 0.1) is 0 Å². The van der Waals surface area contributed by atoms with Crippen molar-refractivity contribution in [2.45, 2.75) is 0 Å². The Kier molecular flexibility index (Phi) is 6.31. The minimum Gasteiger partial charge on any atom is -0.438 e. The van der Waals surface area contributed by atoms with Crippen LogP contribution in [0.2, 0.25) is 0 Å². The summed E-state index contributed by atoms with van der Waals surface area (Å²) in [4.78, 5) is 4.94. The van der Waals surface area contributed by atoms with Gasteiger partial charge in [-0.15, -0.1) is 0 Å². The molecule has 0 unspecified atom stereocenters. The summed E-state index contributed by atoms with van der Waals surface area (Å²) in [6.45, 7) is 0. The van der Waals surface area contributed by atoms with Gasteiger partial charge in [-0.1, -0.05) is 121 Å². The molecule has 0 amide bonds. The summed E-state index contributed by atoms with van der Waals surface area (Å²) in [5.41, 5.74) is 14.1. The van der Waals surface area contributed by atoms with Crippen molar-refractivity contribution >= 4 is 76.6 Å². The average Bonchev–Trinajstić information content (AvgIpc) is 3.90. The zero-order chi connectivity index (χ0) is 36.0. The molecule has 4 aromatic heterocycles. The van der Waals surface area contributed by atoms with Gasteiger partial charge in [0.2, 0.25) is 5.71 Å². The van der Waals surface area contributed by atoms with Crippen LogP contribution in [-0.4, -0.2) is 14.1 Å². The van der Waals surface area contributed by atoms with Crippen molar-refractivity contribution in [1.29, 1.82) is 0 Å². The number of para-hydroxylation sites is 5. The van der Waals surface area contributed by atoms with Crippen LogP contribution in [-0.2, 0) is 0 Å². The van der Waals surface area contributed by atoms with Crippen molar-refractivity contribution in [1.82, 2.24) is 14.1 Å². The minimum absolute atomic E-state index is 0.664. The number of rotatable bonds is 4. The quantitative estimate of drug-likeness (QED) is 0.183. The lowest BCUT2D eigenvalue weighted by molar-refractivity contribution is 0.656. The molecule has 0 aliphatic carbocycles. The van der Waals surface area contributed by atoms with E-state index >= 15 is 0 Å². The van der Waals surface area contributed by atoms with E-state index < -0.39 is 0 Å². The van der Waals surface area contributed by atoms with Gasteiger partial charge < -0.3 is 13.6 Å². The number of pyridine rings is 1. The molecule has 0 aliphatic rings. The predicted molar refractivity (Wildman–Crippen MR) is 229 cm³/mol. The minimum atomic E-state index is 0.664. The maximum absolute atomic E-state index is 6.30. The van der Waals surface area contributed by atoms with E-state index in [-0.39, 0.29) is 0 Å². The van der Waals surface area contributed by atoms with Gasteiger partial charge >= 0.3 is 0 Å². The Hall–Kier alpha value is -7.43. The Morgan fingerprint density at radius 2 is 0.909 bits per heavy atom. The molecule has 0 saturated heterocycles. The highest BCUT2D eigenvalue weighted by molar-refractivity contribution is 6.19. The molecule has 0 saturated carbocycles. The number of hydrogen-bond acceptors (Lipinski definition) is 2. The summed E-state index contributed by atoms with van der Waals surface area (Å²) in [6, 6.07) is 67.5. The molecule has 0 radical (unpaired) electrons. The van der Waals surface area contributed by atoms with Crippen molar-refractivity contribution in [3.63, 3.8) is 0 Å². The first kappa shape index (κ1) is 30.1. The van der Waals surface area contributed by atoms with Crippen LogP contribution in [0.15, 0.2) is 192 Å². The molecule has 55 heavy (non-hydrogen) atoms. The van der Waals surface area contributed by atoms with Crippen LogP contribution in [0.25, 0.3) is 110 Å². The molecular weight excluding hydrogens is 671 g/mol. The van der Waals surface area contributed by atoms with Crippen molar-refractivity contribution in [3.05, 3.63) is 188 Å². The lowest BCUT2D eigenvalue weighted by atomic mass is 9.96. The predicted octanol–water partition coefficient (Wildman–Crippen LogP) is 13.7. The summed E-state index contributed by atoms with van der Waals surface area (Å²) < 4.78 is 11.1. The molecule has 4 heterocycles. The highest BCUT2D eigenvalue weighted by atomic mass is 16.3. The normalized spacial score (nSPS) is 12.0. The molecule has 4 nitrogen and oxygen atoms in total. The molecule has 256 valence electrons. The maximum atomic E-state index is 6.30. The fourth-order valence-electron chi connectivity index (χ4n) is 8.89.